The van der Waals surface area contributed by atoms with Gasteiger partial charge in [0.05, 0.1) is 5.57 Å². The highest BCUT2D eigenvalue weighted by molar-refractivity contribution is 6.36. The number of nitrogens with zero attached hydrogens (tertiary/aromatic N) is 1. The van der Waals surface area contributed by atoms with Crippen LogP contribution in [0.25, 0.3) is 11.6 Å². The molecule has 0 aliphatic rings. The lowest BCUT2D eigenvalue weighted by atomic mass is 10.0. The molecule has 1 heterocycles. The maximum atomic E-state index is 11.3. The van der Waals surface area contributed by atoms with E-state index in [1.165, 1.54) is 12.3 Å². The first kappa shape index (κ1) is 13.6. The summed E-state index contributed by atoms with van der Waals surface area (Å²) in [6.45, 7) is 0. The zero-order valence-corrected chi connectivity index (χ0v) is 11.2. The van der Waals surface area contributed by atoms with Gasteiger partial charge in [-0.2, -0.15) is 0 Å². The summed E-state index contributed by atoms with van der Waals surface area (Å²) in [4.78, 5) is 15.2. The Morgan fingerprint density at radius 1 is 1.26 bits per heavy atom. The highest BCUT2D eigenvalue weighted by Crippen LogP contribution is 2.25. The second-order valence-corrected chi connectivity index (χ2v) is 4.61. The van der Waals surface area contributed by atoms with Crippen molar-refractivity contribution in [3.05, 3.63) is 63.9 Å². The number of aromatic nitrogens is 1. The van der Waals surface area contributed by atoms with Crippen LogP contribution in [0, 0.1) is 0 Å². The van der Waals surface area contributed by atoms with Gasteiger partial charge in [-0.05, 0) is 29.8 Å². The highest BCUT2D eigenvalue weighted by atomic mass is 35.5. The summed E-state index contributed by atoms with van der Waals surface area (Å²) in [5.41, 5.74) is 1.23. The Kier molecular flexibility index (Phi) is 4.20. The number of aliphatic carboxylic acids is 1. The molecule has 0 fully saturated rings. The van der Waals surface area contributed by atoms with Gasteiger partial charge in [-0.1, -0.05) is 35.3 Å². The van der Waals surface area contributed by atoms with Crippen molar-refractivity contribution in [3.63, 3.8) is 0 Å². The Balaban J connectivity index is 2.51. The lowest BCUT2D eigenvalue weighted by Gasteiger charge is -2.04. The van der Waals surface area contributed by atoms with E-state index in [1.807, 2.05) is 0 Å². The molecule has 1 aromatic carbocycles. The van der Waals surface area contributed by atoms with Gasteiger partial charge in [0.15, 0.2) is 0 Å². The van der Waals surface area contributed by atoms with Gasteiger partial charge in [0.25, 0.3) is 0 Å². The number of benzene rings is 1. The Morgan fingerprint density at radius 3 is 2.63 bits per heavy atom. The summed E-state index contributed by atoms with van der Waals surface area (Å²) in [6.07, 6.45) is 4.57. The molecular formula is C14H9Cl2NO2. The van der Waals surface area contributed by atoms with E-state index in [9.17, 15) is 9.90 Å². The van der Waals surface area contributed by atoms with Gasteiger partial charge in [-0.25, -0.2) is 4.79 Å². The van der Waals surface area contributed by atoms with Crippen LogP contribution in [0.2, 0.25) is 10.0 Å². The predicted octanol–water partition coefficient (Wildman–Crippen LogP) is 4.01. The second-order valence-electron chi connectivity index (χ2n) is 3.77. The van der Waals surface area contributed by atoms with Crippen molar-refractivity contribution in [2.75, 3.05) is 0 Å². The van der Waals surface area contributed by atoms with E-state index in [-0.39, 0.29) is 5.57 Å². The lowest BCUT2D eigenvalue weighted by Crippen LogP contribution is -2.00. The Labute approximate surface area is 120 Å². The lowest BCUT2D eigenvalue weighted by molar-refractivity contribution is -0.130. The van der Waals surface area contributed by atoms with Crippen LogP contribution in [-0.2, 0) is 4.79 Å². The van der Waals surface area contributed by atoms with Crippen molar-refractivity contribution >= 4 is 40.8 Å². The van der Waals surface area contributed by atoms with Crippen molar-refractivity contribution in [1.29, 1.82) is 0 Å². The molecule has 19 heavy (non-hydrogen) atoms. The molecule has 0 saturated carbocycles. The van der Waals surface area contributed by atoms with E-state index >= 15 is 0 Å². The fourth-order valence-corrected chi connectivity index (χ4v) is 2.03. The van der Waals surface area contributed by atoms with E-state index in [4.69, 9.17) is 23.2 Å². The molecule has 2 rings (SSSR count). The zero-order valence-electron chi connectivity index (χ0n) is 9.68. The number of pyridine rings is 1. The fraction of sp³-hybridized carbons (Fsp3) is 0. The quantitative estimate of drug-likeness (QED) is 0.870. The van der Waals surface area contributed by atoms with E-state index < -0.39 is 5.97 Å². The average molecular weight is 294 g/mol. The minimum absolute atomic E-state index is 0.123. The Hall–Kier alpha value is -1.84. The van der Waals surface area contributed by atoms with Gasteiger partial charge in [-0.15, -0.1) is 0 Å². The third kappa shape index (κ3) is 3.34. The summed E-state index contributed by atoms with van der Waals surface area (Å²) in [5, 5.41) is 10.2. The van der Waals surface area contributed by atoms with Crippen molar-refractivity contribution in [1.82, 2.24) is 4.98 Å². The minimum Gasteiger partial charge on any atom is -0.478 e. The number of hydrogen-bond donors (Lipinski definition) is 1. The number of carboxylic acid groups (broad SMARTS) is 1. The molecule has 1 N–H and O–H groups in total. The average Bonchev–Trinajstić information content (AvgIpc) is 2.38. The van der Waals surface area contributed by atoms with Gasteiger partial charge in [0.2, 0.25) is 0 Å². The molecule has 0 radical (unpaired) electrons. The number of hydrogen-bond acceptors (Lipinski definition) is 2. The van der Waals surface area contributed by atoms with Crippen LogP contribution in [-0.4, -0.2) is 16.1 Å². The molecule has 0 bridgehead atoms. The topological polar surface area (TPSA) is 50.2 Å². The number of halogens is 2. The minimum atomic E-state index is -1.04. The zero-order chi connectivity index (χ0) is 13.8. The highest BCUT2D eigenvalue weighted by Gasteiger charge is 2.11. The molecule has 0 unspecified atom stereocenters. The molecule has 0 aliphatic heterocycles. The molecule has 0 aliphatic carbocycles. The van der Waals surface area contributed by atoms with Gasteiger partial charge in [-0.3, -0.25) is 4.98 Å². The van der Waals surface area contributed by atoms with Gasteiger partial charge in [0, 0.05) is 28.0 Å². The van der Waals surface area contributed by atoms with Crippen LogP contribution >= 0.6 is 23.2 Å². The molecule has 2 aromatic rings. The monoisotopic (exact) mass is 293 g/mol. The molecule has 0 spiro atoms. The molecule has 96 valence electrons. The molecule has 0 saturated heterocycles. The summed E-state index contributed by atoms with van der Waals surface area (Å²) in [5.74, 6) is -1.04. The number of carboxylic acids is 1. The van der Waals surface area contributed by atoms with E-state index in [0.717, 1.165) is 0 Å². The number of rotatable bonds is 3. The SMILES string of the molecule is O=C(O)/C(=C/c1ccc(Cl)cc1Cl)c1cccnc1. The maximum absolute atomic E-state index is 11.3. The first-order chi connectivity index (χ1) is 9.08. The normalized spacial score (nSPS) is 11.4. The van der Waals surface area contributed by atoms with E-state index in [1.54, 1.807) is 36.5 Å². The van der Waals surface area contributed by atoms with E-state index in [2.05, 4.69) is 4.98 Å². The number of carbonyl (C=O) groups is 1. The van der Waals surface area contributed by atoms with Crippen LogP contribution in [0.15, 0.2) is 42.7 Å². The Bertz CT molecular complexity index is 639. The van der Waals surface area contributed by atoms with Gasteiger partial charge < -0.3 is 5.11 Å². The summed E-state index contributed by atoms with van der Waals surface area (Å²) >= 11 is 11.8. The first-order valence-electron chi connectivity index (χ1n) is 5.38. The van der Waals surface area contributed by atoms with Gasteiger partial charge >= 0.3 is 5.97 Å². The fourth-order valence-electron chi connectivity index (χ4n) is 1.56. The third-order valence-electron chi connectivity index (χ3n) is 2.47. The van der Waals surface area contributed by atoms with Gasteiger partial charge in [0.1, 0.15) is 0 Å². The molecule has 0 atom stereocenters. The maximum Gasteiger partial charge on any atom is 0.336 e. The molecule has 5 heteroatoms. The molecule has 0 amide bonds. The van der Waals surface area contributed by atoms with Crippen LogP contribution in [0.3, 0.4) is 0 Å². The first-order valence-corrected chi connectivity index (χ1v) is 6.14. The summed E-state index contributed by atoms with van der Waals surface area (Å²) in [7, 11) is 0. The smallest absolute Gasteiger partial charge is 0.336 e. The van der Waals surface area contributed by atoms with Crippen LogP contribution < -0.4 is 0 Å². The van der Waals surface area contributed by atoms with Crippen LogP contribution in [0.5, 0.6) is 0 Å². The largest absolute Gasteiger partial charge is 0.478 e. The van der Waals surface area contributed by atoms with Crippen LogP contribution in [0.1, 0.15) is 11.1 Å². The molecule has 1 aromatic heterocycles. The van der Waals surface area contributed by atoms with Crippen LogP contribution in [0.4, 0.5) is 0 Å². The van der Waals surface area contributed by atoms with Crippen molar-refractivity contribution in [2.24, 2.45) is 0 Å². The molecular weight excluding hydrogens is 285 g/mol. The van der Waals surface area contributed by atoms with E-state index in [0.29, 0.717) is 21.2 Å². The standard InChI is InChI=1S/C14H9Cl2NO2/c15-11-4-3-9(13(16)7-11)6-12(14(18)19)10-2-1-5-17-8-10/h1-8H,(H,18,19)/b12-6+. The second kappa shape index (κ2) is 5.87. The van der Waals surface area contributed by atoms with Crippen molar-refractivity contribution in [3.8, 4) is 0 Å². The summed E-state index contributed by atoms with van der Waals surface area (Å²) < 4.78 is 0. The summed E-state index contributed by atoms with van der Waals surface area (Å²) in [6, 6.07) is 8.25. The van der Waals surface area contributed by atoms with Crippen molar-refractivity contribution < 1.29 is 9.90 Å². The molecule has 3 nitrogen and oxygen atoms in total. The Morgan fingerprint density at radius 2 is 2.05 bits per heavy atom. The van der Waals surface area contributed by atoms with Crippen molar-refractivity contribution in [2.45, 2.75) is 0 Å². The predicted molar refractivity (Wildman–Crippen MR) is 76.2 cm³/mol. The third-order valence-corrected chi connectivity index (χ3v) is 3.03.